The highest BCUT2D eigenvalue weighted by molar-refractivity contribution is 5.95. The van der Waals surface area contributed by atoms with Gasteiger partial charge in [0, 0.05) is 31.4 Å². The number of rotatable bonds is 5. The molecule has 144 valence electrons. The smallest absolute Gasteiger partial charge is 0.260 e. The molecule has 0 saturated carbocycles. The molecule has 3 rings (SSSR count). The number of carbonyl (C=O) groups excluding carboxylic acids is 2. The molecule has 2 heterocycles. The number of carbonyl (C=O) groups is 2. The summed E-state index contributed by atoms with van der Waals surface area (Å²) in [5.41, 5.74) is 0.635. The van der Waals surface area contributed by atoms with Crippen LogP contribution in [0.4, 0.5) is 5.69 Å². The third-order valence-corrected chi connectivity index (χ3v) is 4.52. The van der Waals surface area contributed by atoms with Crippen LogP contribution in [0.5, 0.6) is 5.75 Å². The summed E-state index contributed by atoms with van der Waals surface area (Å²) in [5, 5.41) is 6.02. The van der Waals surface area contributed by atoms with Crippen molar-refractivity contribution in [1.29, 1.82) is 0 Å². The molecule has 2 aliphatic heterocycles. The van der Waals surface area contributed by atoms with Gasteiger partial charge in [0.15, 0.2) is 6.61 Å². The molecule has 2 fully saturated rings. The second kappa shape index (κ2) is 9.75. The Hall–Kier alpha value is -1.83. The van der Waals surface area contributed by atoms with Gasteiger partial charge in [0.25, 0.3) is 5.91 Å². The van der Waals surface area contributed by atoms with Crippen molar-refractivity contribution in [2.45, 2.75) is 31.9 Å². The number of benzene rings is 1. The summed E-state index contributed by atoms with van der Waals surface area (Å²) in [6, 6.07) is 6.71. The fraction of sp³-hybridized carbons (Fsp3) is 0.556. The molecule has 2 atom stereocenters. The van der Waals surface area contributed by atoms with Crippen LogP contribution in [0.3, 0.4) is 0 Å². The molecule has 2 N–H and O–H groups in total. The molecule has 7 nitrogen and oxygen atoms in total. The summed E-state index contributed by atoms with van der Waals surface area (Å²) in [7, 11) is 0. The van der Waals surface area contributed by atoms with E-state index >= 15 is 0 Å². The normalized spacial score (nSPS) is 22.4. The van der Waals surface area contributed by atoms with Crippen LogP contribution in [-0.4, -0.2) is 61.7 Å². The summed E-state index contributed by atoms with van der Waals surface area (Å²) in [6.45, 7) is 4.79. The number of nitrogens with one attached hydrogen (secondary N) is 2. The number of hydrogen-bond acceptors (Lipinski definition) is 5. The molecular weight excluding hydrogens is 358 g/mol. The van der Waals surface area contributed by atoms with E-state index in [1.807, 2.05) is 11.8 Å². The van der Waals surface area contributed by atoms with Crippen LogP contribution in [0.25, 0.3) is 0 Å². The van der Waals surface area contributed by atoms with Crippen molar-refractivity contribution in [3.05, 3.63) is 24.3 Å². The first-order chi connectivity index (χ1) is 12.1. The van der Waals surface area contributed by atoms with E-state index in [1.54, 1.807) is 24.3 Å². The third-order valence-electron chi connectivity index (χ3n) is 4.52. The minimum Gasteiger partial charge on any atom is -0.484 e. The Morgan fingerprint density at radius 3 is 2.85 bits per heavy atom. The number of likely N-dealkylation sites (tertiary alicyclic amines) is 1. The van der Waals surface area contributed by atoms with Gasteiger partial charge in [-0.2, -0.15) is 0 Å². The van der Waals surface area contributed by atoms with Gasteiger partial charge in [0.05, 0.1) is 12.7 Å². The predicted molar refractivity (Wildman–Crippen MR) is 101 cm³/mol. The maximum absolute atomic E-state index is 12.4. The average molecular weight is 384 g/mol. The minimum absolute atomic E-state index is 0. The zero-order valence-corrected chi connectivity index (χ0v) is 15.7. The first kappa shape index (κ1) is 20.5. The van der Waals surface area contributed by atoms with E-state index < -0.39 is 0 Å². The Balaban J connectivity index is 0.00000243. The second-order valence-electron chi connectivity index (χ2n) is 6.40. The molecule has 2 aliphatic rings. The van der Waals surface area contributed by atoms with E-state index in [0.717, 1.165) is 25.9 Å². The van der Waals surface area contributed by atoms with Crippen molar-refractivity contribution >= 4 is 29.9 Å². The summed E-state index contributed by atoms with van der Waals surface area (Å²) in [5.74, 6) is 0.424. The summed E-state index contributed by atoms with van der Waals surface area (Å²) in [6.07, 6.45) is 1.95. The van der Waals surface area contributed by atoms with Crippen molar-refractivity contribution in [2.75, 3.05) is 38.2 Å². The van der Waals surface area contributed by atoms with Gasteiger partial charge in [-0.15, -0.1) is 12.4 Å². The second-order valence-corrected chi connectivity index (χ2v) is 6.40. The highest BCUT2D eigenvalue weighted by atomic mass is 35.5. The van der Waals surface area contributed by atoms with Crippen LogP contribution >= 0.6 is 12.4 Å². The summed E-state index contributed by atoms with van der Waals surface area (Å²) in [4.78, 5) is 26.2. The zero-order valence-electron chi connectivity index (χ0n) is 14.9. The van der Waals surface area contributed by atoms with Gasteiger partial charge in [-0.1, -0.05) is 6.07 Å². The van der Waals surface area contributed by atoms with Crippen molar-refractivity contribution in [3.8, 4) is 5.75 Å². The number of halogens is 1. The molecule has 0 radical (unpaired) electrons. The molecule has 8 heteroatoms. The summed E-state index contributed by atoms with van der Waals surface area (Å²) >= 11 is 0. The molecule has 26 heavy (non-hydrogen) atoms. The van der Waals surface area contributed by atoms with Crippen molar-refractivity contribution in [1.82, 2.24) is 10.2 Å². The molecule has 2 amide bonds. The van der Waals surface area contributed by atoms with Crippen LogP contribution in [0.15, 0.2) is 24.3 Å². The number of morpholine rings is 1. The molecular formula is C18H26ClN3O4. The molecule has 0 unspecified atom stereocenters. The van der Waals surface area contributed by atoms with E-state index in [4.69, 9.17) is 9.47 Å². The van der Waals surface area contributed by atoms with Gasteiger partial charge in [-0.25, -0.2) is 0 Å². The minimum atomic E-state index is -0.380. The monoisotopic (exact) mass is 383 g/mol. The van der Waals surface area contributed by atoms with Gasteiger partial charge in [-0.3, -0.25) is 9.59 Å². The number of ether oxygens (including phenoxy) is 2. The topological polar surface area (TPSA) is 79.9 Å². The van der Waals surface area contributed by atoms with Gasteiger partial charge in [0.2, 0.25) is 5.91 Å². The predicted octanol–water partition coefficient (Wildman–Crippen LogP) is 1.42. The van der Waals surface area contributed by atoms with Crippen LogP contribution in [0.1, 0.15) is 19.8 Å². The number of nitrogens with zero attached hydrogens (tertiary/aromatic N) is 1. The standard InChI is InChI=1S/C18H25N3O4.ClH/c1-13-17(19-7-10-24-13)18(23)20-14-5-4-6-15(11-14)25-12-16(22)21-8-2-3-9-21;/h4-6,11,13,17,19H,2-3,7-10,12H2,1H3,(H,20,23);1H/t13-,17+;/m1./s1. The molecule has 1 aromatic carbocycles. The molecule has 2 saturated heterocycles. The third kappa shape index (κ3) is 5.33. The number of hydrogen-bond donors (Lipinski definition) is 2. The largest absolute Gasteiger partial charge is 0.484 e. The van der Waals surface area contributed by atoms with E-state index in [-0.39, 0.29) is 43.0 Å². The number of amides is 2. The Morgan fingerprint density at radius 2 is 2.12 bits per heavy atom. The lowest BCUT2D eigenvalue weighted by Crippen LogP contribution is -2.53. The SMILES string of the molecule is C[C@H]1OCCN[C@@H]1C(=O)Nc1cccc(OCC(=O)N2CCCC2)c1.Cl. The fourth-order valence-corrected chi connectivity index (χ4v) is 3.11. The first-order valence-electron chi connectivity index (χ1n) is 8.80. The highest BCUT2D eigenvalue weighted by Gasteiger charge is 2.28. The van der Waals surface area contributed by atoms with Crippen LogP contribution < -0.4 is 15.4 Å². The highest BCUT2D eigenvalue weighted by Crippen LogP contribution is 2.19. The summed E-state index contributed by atoms with van der Waals surface area (Å²) < 4.78 is 11.1. The fourth-order valence-electron chi connectivity index (χ4n) is 3.11. The molecule has 1 aromatic rings. The van der Waals surface area contributed by atoms with E-state index in [2.05, 4.69) is 10.6 Å². The maximum Gasteiger partial charge on any atom is 0.260 e. The number of anilines is 1. The lowest BCUT2D eigenvalue weighted by molar-refractivity contribution is -0.132. The van der Waals surface area contributed by atoms with Gasteiger partial charge in [0.1, 0.15) is 11.8 Å². The molecule has 0 aliphatic carbocycles. The Bertz CT molecular complexity index is 622. The van der Waals surface area contributed by atoms with E-state index in [1.165, 1.54) is 0 Å². The zero-order chi connectivity index (χ0) is 17.6. The Morgan fingerprint density at radius 1 is 1.35 bits per heavy atom. The van der Waals surface area contributed by atoms with Crippen molar-refractivity contribution < 1.29 is 19.1 Å². The molecule has 0 spiro atoms. The Labute approximate surface area is 159 Å². The molecule has 0 aromatic heterocycles. The lowest BCUT2D eigenvalue weighted by Gasteiger charge is -2.29. The van der Waals surface area contributed by atoms with Crippen LogP contribution in [-0.2, 0) is 14.3 Å². The van der Waals surface area contributed by atoms with Crippen LogP contribution in [0, 0.1) is 0 Å². The average Bonchev–Trinajstić information content (AvgIpc) is 3.15. The first-order valence-corrected chi connectivity index (χ1v) is 8.80. The van der Waals surface area contributed by atoms with Gasteiger partial charge < -0.3 is 25.0 Å². The Kier molecular flexibility index (Phi) is 7.68. The lowest BCUT2D eigenvalue weighted by atomic mass is 10.1. The van der Waals surface area contributed by atoms with E-state index in [9.17, 15) is 9.59 Å². The quantitative estimate of drug-likeness (QED) is 0.804. The maximum atomic E-state index is 12.4. The molecule has 0 bridgehead atoms. The van der Waals surface area contributed by atoms with Gasteiger partial charge >= 0.3 is 0 Å². The van der Waals surface area contributed by atoms with Gasteiger partial charge in [-0.05, 0) is 31.9 Å². The van der Waals surface area contributed by atoms with E-state index in [0.29, 0.717) is 24.6 Å². The van der Waals surface area contributed by atoms with Crippen LogP contribution in [0.2, 0.25) is 0 Å². The van der Waals surface area contributed by atoms with Crippen molar-refractivity contribution in [3.63, 3.8) is 0 Å². The van der Waals surface area contributed by atoms with Crippen molar-refractivity contribution in [2.24, 2.45) is 0 Å².